The van der Waals surface area contributed by atoms with Crippen molar-refractivity contribution in [1.29, 1.82) is 0 Å². The fourth-order valence-corrected chi connectivity index (χ4v) is 2.30. The molecule has 1 saturated carbocycles. The van der Waals surface area contributed by atoms with E-state index in [-0.39, 0.29) is 24.9 Å². The number of carbonyl (C=O) groups excluding carboxylic acids is 2. The zero-order valence-electron chi connectivity index (χ0n) is 12.2. The van der Waals surface area contributed by atoms with E-state index in [1.807, 2.05) is 6.92 Å². The maximum Gasteiger partial charge on any atom is 0.236 e. The minimum Gasteiger partial charge on any atom is -0.352 e. The lowest BCUT2D eigenvalue weighted by Crippen LogP contribution is -2.43. The molecule has 0 spiro atoms. The summed E-state index contributed by atoms with van der Waals surface area (Å²) in [5.74, 6) is 0.0172. The number of amides is 2. The Bertz CT molecular complexity index is 286. The summed E-state index contributed by atoms with van der Waals surface area (Å²) >= 11 is 0. The summed E-state index contributed by atoms with van der Waals surface area (Å²) in [7, 11) is 1.76. The number of rotatable bonds is 6. The van der Waals surface area contributed by atoms with Gasteiger partial charge in [-0.25, -0.2) is 0 Å². The van der Waals surface area contributed by atoms with Crippen molar-refractivity contribution in [2.24, 2.45) is 0 Å². The Balaban J connectivity index is 2.15. The van der Waals surface area contributed by atoms with Gasteiger partial charge >= 0.3 is 0 Å². The van der Waals surface area contributed by atoms with Crippen LogP contribution in [0.1, 0.15) is 45.4 Å². The van der Waals surface area contributed by atoms with Crippen molar-refractivity contribution in [3.05, 3.63) is 0 Å². The van der Waals surface area contributed by atoms with E-state index >= 15 is 0 Å². The lowest BCUT2D eigenvalue weighted by Gasteiger charge is -2.17. The molecule has 0 aromatic rings. The van der Waals surface area contributed by atoms with Gasteiger partial charge in [-0.2, -0.15) is 0 Å². The average Bonchev–Trinajstić information content (AvgIpc) is 2.66. The van der Waals surface area contributed by atoms with Gasteiger partial charge in [-0.3, -0.25) is 14.9 Å². The van der Waals surface area contributed by atoms with Crippen LogP contribution in [0, 0.1) is 0 Å². The smallest absolute Gasteiger partial charge is 0.236 e. The molecule has 0 radical (unpaired) electrons. The van der Waals surface area contributed by atoms with Gasteiger partial charge in [0.2, 0.25) is 11.8 Å². The van der Waals surface area contributed by atoms with Crippen molar-refractivity contribution in [2.75, 3.05) is 26.7 Å². The molecule has 1 fully saturated rings. The Morgan fingerprint density at radius 1 is 1.11 bits per heavy atom. The molecule has 1 aliphatic rings. The molecule has 110 valence electrons. The summed E-state index contributed by atoms with van der Waals surface area (Å²) < 4.78 is 0. The van der Waals surface area contributed by atoms with E-state index in [0.717, 1.165) is 12.8 Å². The van der Waals surface area contributed by atoms with Gasteiger partial charge in [0.05, 0.1) is 13.1 Å². The molecule has 5 heteroatoms. The second kappa shape index (κ2) is 8.91. The van der Waals surface area contributed by atoms with Crippen LogP contribution in [0.3, 0.4) is 0 Å². The van der Waals surface area contributed by atoms with Crippen molar-refractivity contribution in [1.82, 2.24) is 15.5 Å². The van der Waals surface area contributed by atoms with Crippen LogP contribution >= 0.6 is 0 Å². The van der Waals surface area contributed by atoms with E-state index in [2.05, 4.69) is 10.6 Å². The summed E-state index contributed by atoms with van der Waals surface area (Å²) in [6.07, 6.45) is 7.15. The normalized spacial score (nSPS) is 16.7. The number of likely N-dealkylation sites (N-methyl/N-ethyl adjacent to an activating group) is 1. The molecular weight excluding hydrogens is 242 g/mol. The first-order chi connectivity index (χ1) is 9.13. The second-order valence-corrected chi connectivity index (χ2v) is 5.27. The highest BCUT2D eigenvalue weighted by Crippen LogP contribution is 2.16. The molecule has 0 unspecified atom stereocenters. The number of nitrogens with one attached hydrogen (secondary N) is 2. The molecule has 0 heterocycles. The first-order valence-electron chi connectivity index (χ1n) is 7.37. The first-order valence-corrected chi connectivity index (χ1v) is 7.37. The third-order valence-electron chi connectivity index (χ3n) is 3.68. The van der Waals surface area contributed by atoms with Gasteiger partial charge in [-0.15, -0.1) is 0 Å². The second-order valence-electron chi connectivity index (χ2n) is 5.27. The quantitative estimate of drug-likeness (QED) is 0.704. The van der Waals surface area contributed by atoms with Crippen LogP contribution in [0.4, 0.5) is 0 Å². The number of nitrogens with zero attached hydrogens (tertiary/aromatic N) is 1. The zero-order chi connectivity index (χ0) is 14.1. The highest BCUT2D eigenvalue weighted by molar-refractivity contribution is 5.81. The minimum absolute atomic E-state index is 0.00106. The van der Waals surface area contributed by atoms with Crippen molar-refractivity contribution in [2.45, 2.75) is 51.5 Å². The Labute approximate surface area is 116 Å². The van der Waals surface area contributed by atoms with Crippen molar-refractivity contribution >= 4 is 11.8 Å². The highest BCUT2D eigenvalue weighted by atomic mass is 16.2. The van der Waals surface area contributed by atoms with E-state index in [1.54, 1.807) is 11.9 Å². The average molecular weight is 269 g/mol. The van der Waals surface area contributed by atoms with Crippen molar-refractivity contribution in [3.8, 4) is 0 Å². The van der Waals surface area contributed by atoms with E-state index < -0.39 is 0 Å². The lowest BCUT2D eigenvalue weighted by atomic mass is 10.1. The van der Waals surface area contributed by atoms with Gasteiger partial charge in [-0.1, -0.05) is 25.7 Å². The number of hydrogen-bond acceptors (Lipinski definition) is 3. The van der Waals surface area contributed by atoms with Crippen LogP contribution in [-0.4, -0.2) is 49.4 Å². The van der Waals surface area contributed by atoms with E-state index in [9.17, 15) is 9.59 Å². The number of carbonyl (C=O) groups is 2. The molecule has 5 nitrogen and oxygen atoms in total. The molecule has 0 bridgehead atoms. The van der Waals surface area contributed by atoms with Gasteiger partial charge in [-0.05, 0) is 19.8 Å². The summed E-state index contributed by atoms with van der Waals surface area (Å²) in [5.41, 5.74) is 0. The van der Waals surface area contributed by atoms with Crippen LogP contribution in [0.5, 0.6) is 0 Å². The predicted octanol–water partition coefficient (Wildman–Crippen LogP) is 0.893. The van der Waals surface area contributed by atoms with Gasteiger partial charge in [0.1, 0.15) is 0 Å². The minimum atomic E-state index is -0.00106. The maximum atomic E-state index is 11.7. The molecular formula is C14H27N3O2. The molecule has 0 aromatic carbocycles. The van der Waals surface area contributed by atoms with Crippen LogP contribution in [-0.2, 0) is 9.59 Å². The molecule has 19 heavy (non-hydrogen) atoms. The summed E-state index contributed by atoms with van der Waals surface area (Å²) in [4.78, 5) is 24.9. The zero-order valence-corrected chi connectivity index (χ0v) is 12.2. The molecule has 0 atom stereocenters. The molecule has 2 amide bonds. The van der Waals surface area contributed by atoms with Gasteiger partial charge < -0.3 is 10.2 Å². The van der Waals surface area contributed by atoms with E-state index in [1.165, 1.54) is 25.7 Å². The third kappa shape index (κ3) is 6.57. The van der Waals surface area contributed by atoms with E-state index in [4.69, 9.17) is 0 Å². The van der Waals surface area contributed by atoms with Gasteiger partial charge in [0, 0.05) is 19.6 Å². The largest absolute Gasteiger partial charge is 0.352 e. The highest BCUT2D eigenvalue weighted by Gasteiger charge is 2.14. The first kappa shape index (κ1) is 16.0. The standard InChI is InChI=1S/C14H27N3O2/c1-3-17(2)14(19)11-15-10-13(18)16-12-8-6-4-5-7-9-12/h12,15H,3-11H2,1-2H3,(H,16,18). The molecule has 0 aromatic heterocycles. The summed E-state index contributed by atoms with van der Waals surface area (Å²) in [5, 5.41) is 5.95. The molecule has 0 aliphatic heterocycles. The van der Waals surface area contributed by atoms with Gasteiger partial charge in [0.15, 0.2) is 0 Å². The van der Waals surface area contributed by atoms with Gasteiger partial charge in [0.25, 0.3) is 0 Å². The summed E-state index contributed by atoms with van der Waals surface area (Å²) in [6.45, 7) is 3.06. The Morgan fingerprint density at radius 2 is 1.74 bits per heavy atom. The van der Waals surface area contributed by atoms with Crippen molar-refractivity contribution in [3.63, 3.8) is 0 Å². The molecule has 1 aliphatic carbocycles. The Morgan fingerprint density at radius 3 is 2.32 bits per heavy atom. The monoisotopic (exact) mass is 269 g/mol. The molecule has 1 rings (SSSR count). The Hall–Kier alpha value is -1.10. The van der Waals surface area contributed by atoms with Crippen LogP contribution < -0.4 is 10.6 Å². The Kier molecular flexibility index (Phi) is 7.48. The van der Waals surface area contributed by atoms with E-state index in [0.29, 0.717) is 12.6 Å². The SMILES string of the molecule is CCN(C)C(=O)CNCC(=O)NC1CCCCCC1. The van der Waals surface area contributed by atoms with Crippen LogP contribution in [0.15, 0.2) is 0 Å². The topological polar surface area (TPSA) is 61.4 Å². The molecule has 0 saturated heterocycles. The number of hydrogen-bond donors (Lipinski definition) is 2. The summed E-state index contributed by atoms with van der Waals surface area (Å²) in [6, 6.07) is 0.325. The van der Waals surface area contributed by atoms with Crippen LogP contribution in [0.2, 0.25) is 0 Å². The maximum absolute atomic E-state index is 11.7. The molecule has 2 N–H and O–H groups in total. The third-order valence-corrected chi connectivity index (χ3v) is 3.68. The predicted molar refractivity (Wildman–Crippen MR) is 75.8 cm³/mol. The van der Waals surface area contributed by atoms with Crippen LogP contribution in [0.25, 0.3) is 0 Å². The lowest BCUT2D eigenvalue weighted by molar-refractivity contribution is -0.128. The van der Waals surface area contributed by atoms with Crippen molar-refractivity contribution < 1.29 is 9.59 Å². The fourth-order valence-electron chi connectivity index (χ4n) is 2.30. The fraction of sp³-hybridized carbons (Fsp3) is 0.857.